The molecule has 82 valence electrons. The van der Waals surface area contributed by atoms with Crippen LogP contribution in [-0.2, 0) is 5.60 Å². The lowest BCUT2D eigenvalue weighted by atomic mass is 10.0. The Kier molecular flexibility index (Phi) is 2.35. The third kappa shape index (κ3) is 1.79. The maximum absolute atomic E-state index is 10.2. The van der Waals surface area contributed by atoms with Gasteiger partial charge in [0.15, 0.2) is 0 Å². The summed E-state index contributed by atoms with van der Waals surface area (Å²) >= 11 is 0. The molecule has 3 nitrogen and oxygen atoms in total. The Morgan fingerprint density at radius 2 is 2.00 bits per heavy atom. The molecular weight excluding hydrogens is 190 g/mol. The van der Waals surface area contributed by atoms with Crippen LogP contribution in [0.4, 0.5) is 5.69 Å². The number of anilines is 1. The van der Waals surface area contributed by atoms with E-state index < -0.39 is 5.60 Å². The normalized spacial score (nSPS) is 17.3. The Labute approximate surface area is 90.3 Å². The van der Waals surface area contributed by atoms with Crippen LogP contribution in [0.25, 0.3) is 0 Å². The summed E-state index contributed by atoms with van der Waals surface area (Å²) in [5.74, 6) is 0.802. The summed E-state index contributed by atoms with van der Waals surface area (Å²) in [6.45, 7) is 0. The van der Waals surface area contributed by atoms with Crippen LogP contribution in [0.1, 0.15) is 18.4 Å². The van der Waals surface area contributed by atoms with E-state index in [-0.39, 0.29) is 0 Å². The minimum Gasteiger partial charge on any atom is -0.497 e. The van der Waals surface area contributed by atoms with Crippen molar-refractivity contribution in [3.05, 3.63) is 23.8 Å². The van der Waals surface area contributed by atoms with Crippen LogP contribution < -0.4 is 9.64 Å². The van der Waals surface area contributed by atoms with Gasteiger partial charge in [-0.3, -0.25) is 0 Å². The molecule has 0 bridgehead atoms. The number of ether oxygens (including phenoxy) is 1. The molecule has 1 N–H and O–H groups in total. The molecule has 1 aromatic rings. The van der Waals surface area contributed by atoms with Gasteiger partial charge in [-0.25, -0.2) is 0 Å². The van der Waals surface area contributed by atoms with E-state index in [0.29, 0.717) is 0 Å². The topological polar surface area (TPSA) is 32.7 Å². The Hall–Kier alpha value is -1.22. The highest BCUT2D eigenvalue weighted by molar-refractivity contribution is 5.59. The van der Waals surface area contributed by atoms with E-state index >= 15 is 0 Å². The molecule has 1 aliphatic carbocycles. The minimum atomic E-state index is -0.617. The number of benzene rings is 1. The predicted octanol–water partition coefficient (Wildman–Crippen LogP) is 1.74. The molecule has 1 fully saturated rings. The molecule has 0 amide bonds. The van der Waals surface area contributed by atoms with Gasteiger partial charge in [-0.2, -0.15) is 0 Å². The van der Waals surface area contributed by atoms with Crippen molar-refractivity contribution in [2.24, 2.45) is 0 Å². The summed E-state index contributed by atoms with van der Waals surface area (Å²) in [5.41, 5.74) is 1.43. The summed E-state index contributed by atoms with van der Waals surface area (Å²) in [4.78, 5) is 2.02. The van der Waals surface area contributed by atoms with Gasteiger partial charge in [-0.05, 0) is 31.0 Å². The van der Waals surface area contributed by atoms with Crippen LogP contribution in [0, 0.1) is 0 Å². The van der Waals surface area contributed by atoms with Crippen LogP contribution in [-0.4, -0.2) is 26.3 Å². The van der Waals surface area contributed by atoms with E-state index in [2.05, 4.69) is 0 Å². The van der Waals surface area contributed by atoms with Gasteiger partial charge >= 0.3 is 0 Å². The molecule has 0 spiro atoms. The van der Waals surface area contributed by atoms with Crippen molar-refractivity contribution < 1.29 is 9.84 Å². The van der Waals surface area contributed by atoms with E-state index in [9.17, 15) is 5.11 Å². The van der Waals surface area contributed by atoms with Crippen molar-refractivity contribution in [3.8, 4) is 5.75 Å². The standard InChI is InChI=1S/C12H17NO2/c1-13(2)11-5-4-9(15-3)8-10(11)12(14)6-7-12/h4-5,8,14H,6-7H2,1-3H3. The fourth-order valence-corrected chi connectivity index (χ4v) is 1.79. The molecular formula is C12H17NO2. The Balaban J connectivity index is 2.46. The fraction of sp³-hybridized carbons (Fsp3) is 0.500. The molecule has 2 rings (SSSR count). The quantitative estimate of drug-likeness (QED) is 0.819. The van der Waals surface area contributed by atoms with Gasteiger partial charge < -0.3 is 14.7 Å². The number of nitrogens with zero attached hydrogens (tertiary/aromatic N) is 1. The number of hydrogen-bond donors (Lipinski definition) is 1. The Morgan fingerprint density at radius 1 is 1.33 bits per heavy atom. The van der Waals surface area contributed by atoms with Gasteiger partial charge in [0.1, 0.15) is 5.75 Å². The highest BCUT2D eigenvalue weighted by atomic mass is 16.5. The second kappa shape index (κ2) is 3.42. The van der Waals surface area contributed by atoms with Gasteiger partial charge in [0.25, 0.3) is 0 Å². The molecule has 0 saturated heterocycles. The molecule has 1 aliphatic rings. The van der Waals surface area contributed by atoms with Gasteiger partial charge in [0.2, 0.25) is 0 Å². The highest BCUT2D eigenvalue weighted by Crippen LogP contribution is 2.49. The van der Waals surface area contributed by atoms with Crippen LogP contribution in [0.15, 0.2) is 18.2 Å². The zero-order valence-electron chi connectivity index (χ0n) is 9.45. The van der Waals surface area contributed by atoms with Crippen LogP contribution >= 0.6 is 0 Å². The van der Waals surface area contributed by atoms with Crippen molar-refractivity contribution >= 4 is 5.69 Å². The molecule has 0 aromatic heterocycles. The molecule has 1 saturated carbocycles. The number of methoxy groups -OCH3 is 1. The maximum Gasteiger partial charge on any atom is 0.119 e. The maximum atomic E-state index is 10.2. The van der Waals surface area contributed by atoms with E-state index in [0.717, 1.165) is 29.8 Å². The largest absolute Gasteiger partial charge is 0.497 e. The fourth-order valence-electron chi connectivity index (χ4n) is 1.79. The zero-order chi connectivity index (χ0) is 11.1. The van der Waals surface area contributed by atoms with Gasteiger partial charge in [-0.15, -0.1) is 0 Å². The second-order valence-electron chi connectivity index (χ2n) is 4.31. The van der Waals surface area contributed by atoms with E-state index in [4.69, 9.17) is 4.74 Å². The molecule has 3 heteroatoms. The van der Waals surface area contributed by atoms with Crippen LogP contribution in [0.5, 0.6) is 5.75 Å². The predicted molar refractivity (Wildman–Crippen MR) is 60.5 cm³/mol. The molecule has 0 heterocycles. The first-order valence-corrected chi connectivity index (χ1v) is 5.15. The average molecular weight is 207 g/mol. The minimum absolute atomic E-state index is 0.617. The number of rotatable bonds is 3. The monoisotopic (exact) mass is 207 g/mol. The number of aliphatic hydroxyl groups is 1. The summed E-state index contributed by atoms with van der Waals surface area (Å²) in [5, 5.41) is 10.2. The Bertz CT molecular complexity index is 370. The first kappa shape index (κ1) is 10.3. The molecule has 1 aromatic carbocycles. The lowest BCUT2D eigenvalue weighted by Crippen LogP contribution is -2.16. The molecule has 0 aliphatic heterocycles. The second-order valence-corrected chi connectivity index (χ2v) is 4.31. The van der Waals surface area contributed by atoms with E-state index in [1.165, 1.54) is 0 Å². The van der Waals surface area contributed by atoms with Crippen molar-refractivity contribution in [3.63, 3.8) is 0 Å². The summed E-state index contributed by atoms with van der Waals surface area (Å²) in [6, 6.07) is 5.84. The third-order valence-electron chi connectivity index (χ3n) is 2.91. The summed E-state index contributed by atoms with van der Waals surface area (Å²) < 4.78 is 5.18. The summed E-state index contributed by atoms with van der Waals surface area (Å²) in [6.07, 6.45) is 1.70. The van der Waals surface area contributed by atoms with Crippen molar-refractivity contribution in [2.75, 3.05) is 26.1 Å². The summed E-state index contributed by atoms with van der Waals surface area (Å²) in [7, 11) is 5.61. The van der Waals surface area contributed by atoms with Gasteiger partial charge in [0.05, 0.1) is 12.7 Å². The van der Waals surface area contributed by atoms with E-state index in [1.807, 2.05) is 37.2 Å². The molecule has 15 heavy (non-hydrogen) atoms. The van der Waals surface area contributed by atoms with E-state index in [1.54, 1.807) is 7.11 Å². The smallest absolute Gasteiger partial charge is 0.119 e. The first-order chi connectivity index (χ1) is 7.07. The van der Waals surface area contributed by atoms with Gasteiger partial charge in [-0.1, -0.05) is 0 Å². The van der Waals surface area contributed by atoms with Crippen LogP contribution in [0.3, 0.4) is 0 Å². The SMILES string of the molecule is COc1ccc(N(C)C)c(C2(O)CC2)c1. The number of hydrogen-bond acceptors (Lipinski definition) is 3. The molecule has 0 atom stereocenters. The molecule has 0 radical (unpaired) electrons. The van der Waals surface area contributed by atoms with Crippen molar-refractivity contribution in [1.29, 1.82) is 0 Å². The lowest BCUT2D eigenvalue weighted by molar-refractivity contribution is 0.151. The van der Waals surface area contributed by atoms with Crippen LogP contribution in [0.2, 0.25) is 0 Å². The van der Waals surface area contributed by atoms with Gasteiger partial charge in [0, 0.05) is 25.3 Å². The lowest BCUT2D eigenvalue weighted by Gasteiger charge is -2.21. The van der Waals surface area contributed by atoms with Crippen molar-refractivity contribution in [2.45, 2.75) is 18.4 Å². The highest BCUT2D eigenvalue weighted by Gasteiger charge is 2.44. The zero-order valence-corrected chi connectivity index (χ0v) is 9.45. The Morgan fingerprint density at radius 3 is 2.47 bits per heavy atom. The third-order valence-corrected chi connectivity index (χ3v) is 2.91. The first-order valence-electron chi connectivity index (χ1n) is 5.15. The molecule has 0 unspecified atom stereocenters. The van der Waals surface area contributed by atoms with Crippen molar-refractivity contribution in [1.82, 2.24) is 0 Å². The average Bonchev–Trinajstić information content (AvgIpc) is 2.97.